The summed E-state index contributed by atoms with van der Waals surface area (Å²) in [5.41, 5.74) is 6.73. The molecule has 10 heteroatoms. The molecule has 0 aliphatic rings. The molecule has 0 aliphatic heterocycles. The molecule has 3 aromatic rings. The maximum absolute atomic E-state index is 12.0. The van der Waals surface area contributed by atoms with E-state index < -0.39 is 10.8 Å². The van der Waals surface area contributed by atoms with Gasteiger partial charge in [0.15, 0.2) is 5.11 Å². The SMILES string of the molecule is O=C(C=Cc1ccc(-c2ccc(Cl)cc2)o1)NC(=S)NNc1ccc([N+](=O)[O-])cc1. The summed E-state index contributed by atoms with van der Waals surface area (Å²) in [5.74, 6) is 0.691. The molecule has 0 aliphatic carbocycles. The van der Waals surface area contributed by atoms with Crippen LogP contribution in [0.25, 0.3) is 17.4 Å². The number of hydrogen-bond donors (Lipinski definition) is 3. The fourth-order valence-corrected chi connectivity index (χ4v) is 2.63. The van der Waals surface area contributed by atoms with E-state index in [1.54, 1.807) is 24.3 Å². The number of nitrogens with one attached hydrogen (secondary N) is 3. The van der Waals surface area contributed by atoms with Crippen molar-refractivity contribution in [2.24, 2.45) is 0 Å². The standard InChI is InChI=1S/C20H15ClN4O4S/c21-14-3-1-13(2-4-14)18-11-9-17(29-18)10-12-19(26)22-20(30)24-23-15-5-7-16(8-6-15)25(27)28/h1-12,23H,(H2,22,24,26,30). The van der Waals surface area contributed by atoms with Crippen molar-refractivity contribution in [3.05, 3.63) is 87.6 Å². The van der Waals surface area contributed by atoms with Gasteiger partial charge in [-0.25, -0.2) is 0 Å². The minimum absolute atomic E-state index is 0.0290. The third-order valence-corrected chi connectivity index (χ3v) is 4.25. The molecule has 0 saturated carbocycles. The molecule has 152 valence electrons. The van der Waals surface area contributed by atoms with Gasteiger partial charge in [-0.05, 0) is 66.8 Å². The molecule has 0 spiro atoms. The number of nitro groups is 1. The average molecular weight is 443 g/mol. The second-order valence-corrected chi connectivity index (χ2v) is 6.76. The van der Waals surface area contributed by atoms with Crippen LogP contribution >= 0.6 is 23.8 Å². The van der Waals surface area contributed by atoms with Gasteiger partial charge in [0.2, 0.25) is 5.91 Å². The van der Waals surface area contributed by atoms with Crippen LogP contribution in [-0.2, 0) is 4.79 Å². The van der Waals surface area contributed by atoms with Crippen molar-refractivity contribution < 1.29 is 14.1 Å². The van der Waals surface area contributed by atoms with E-state index in [0.29, 0.717) is 22.2 Å². The maximum Gasteiger partial charge on any atom is 0.269 e. The Morgan fingerprint density at radius 1 is 1.07 bits per heavy atom. The zero-order valence-corrected chi connectivity index (χ0v) is 16.9. The number of nitrogens with zero attached hydrogens (tertiary/aromatic N) is 1. The Kier molecular flexibility index (Phi) is 6.79. The summed E-state index contributed by atoms with van der Waals surface area (Å²) in [6, 6.07) is 16.4. The molecule has 0 radical (unpaired) electrons. The zero-order chi connectivity index (χ0) is 21.5. The summed E-state index contributed by atoms with van der Waals surface area (Å²) < 4.78 is 5.68. The van der Waals surface area contributed by atoms with Crippen LogP contribution in [0.4, 0.5) is 11.4 Å². The van der Waals surface area contributed by atoms with Gasteiger partial charge in [-0.3, -0.25) is 31.1 Å². The van der Waals surface area contributed by atoms with Crippen LogP contribution in [-0.4, -0.2) is 15.9 Å². The van der Waals surface area contributed by atoms with Crippen LogP contribution in [0, 0.1) is 10.1 Å². The first-order valence-corrected chi connectivity index (χ1v) is 9.34. The smallest absolute Gasteiger partial charge is 0.269 e. The van der Waals surface area contributed by atoms with Gasteiger partial charge >= 0.3 is 0 Å². The van der Waals surface area contributed by atoms with Crippen molar-refractivity contribution in [2.45, 2.75) is 0 Å². The molecule has 1 amide bonds. The molecule has 0 saturated heterocycles. The number of hydrazine groups is 1. The lowest BCUT2D eigenvalue weighted by molar-refractivity contribution is -0.384. The van der Waals surface area contributed by atoms with Crippen molar-refractivity contribution in [2.75, 3.05) is 5.43 Å². The number of benzene rings is 2. The van der Waals surface area contributed by atoms with Gasteiger partial charge in [-0.15, -0.1) is 0 Å². The van der Waals surface area contributed by atoms with Gasteiger partial charge < -0.3 is 4.42 Å². The minimum Gasteiger partial charge on any atom is -0.457 e. The third kappa shape index (κ3) is 5.90. The van der Waals surface area contributed by atoms with Gasteiger partial charge in [0.05, 0.1) is 10.6 Å². The molecule has 3 N–H and O–H groups in total. The highest BCUT2D eigenvalue weighted by Crippen LogP contribution is 2.24. The second-order valence-electron chi connectivity index (χ2n) is 5.91. The number of hydrogen-bond acceptors (Lipinski definition) is 6. The number of nitro benzene ring substituents is 1. The van der Waals surface area contributed by atoms with Crippen molar-refractivity contribution in [3.63, 3.8) is 0 Å². The number of anilines is 1. The first-order valence-electron chi connectivity index (χ1n) is 8.56. The summed E-state index contributed by atoms with van der Waals surface area (Å²) in [5, 5.41) is 13.8. The van der Waals surface area contributed by atoms with E-state index >= 15 is 0 Å². The number of furan rings is 1. The topological polar surface area (TPSA) is 109 Å². The predicted molar refractivity (Wildman–Crippen MR) is 119 cm³/mol. The quantitative estimate of drug-likeness (QED) is 0.222. The highest BCUT2D eigenvalue weighted by atomic mass is 35.5. The summed E-state index contributed by atoms with van der Waals surface area (Å²) in [6.45, 7) is 0. The van der Waals surface area contributed by atoms with E-state index in [2.05, 4.69) is 16.2 Å². The summed E-state index contributed by atoms with van der Waals surface area (Å²) in [4.78, 5) is 22.1. The number of non-ortho nitro benzene ring substituents is 1. The third-order valence-electron chi connectivity index (χ3n) is 3.79. The van der Waals surface area contributed by atoms with Crippen LogP contribution in [0.3, 0.4) is 0 Å². The molecule has 30 heavy (non-hydrogen) atoms. The number of halogens is 1. The largest absolute Gasteiger partial charge is 0.457 e. The Bertz CT molecular complexity index is 1090. The van der Waals surface area contributed by atoms with Gasteiger partial charge in [0, 0.05) is 28.8 Å². The summed E-state index contributed by atoms with van der Waals surface area (Å²) >= 11 is 10.9. The van der Waals surface area contributed by atoms with E-state index in [0.717, 1.165) is 5.56 Å². The van der Waals surface area contributed by atoms with Gasteiger partial charge in [-0.2, -0.15) is 0 Å². The number of amides is 1. The Hall–Kier alpha value is -3.69. The number of carbonyl (C=O) groups excluding carboxylic acids is 1. The van der Waals surface area contributed by atoms with Crippen molar-refractivity contribution >= 4 is 52.3 Å². The molecular formula is C20H15ClN4O4S. The second kappa shape index (κ2) is 9.68. The van der Waals surface area contributed by atoms with Crippen LogP contribution in [0.15, 0.2) is 71.2 Å². The fourth-order valence-electron chi connectivity index (χ4n) is 2.35. The van der Waals surface area contributed by atoms with E-state index in [9.17, 15) is 14.9 Å². The Balaban J connectivity index is 1.48. The lowest BCUT2D eigenvalue weighted by Crippen LogP contribution is -2.41. The van der Waals surface area contributed by atoms with Crippen molar-refractivity contribution in [1.82, 2.24) is 10.7 Å². The molecule has 2 aromatic carbocycles. The summed E-state index contributed by atoms with van der Waals surface area (Å²) in [7, 11) is 0. The number of thiocarbonyl (C=S) groups is 1. The highest BCUT2D eigenvalue weighted by Gasteiger charge is 2.06. The van der Waals surface area contributed by atoms with Crippen molar-refractivity contribution in [3.8, 4) is 11.3 Å². The molecule has 0 atom stereocenters. The van der Waals surface area contributed by atoms with Gasteiger partial charge in [0.25, 0.3) is 5.69 Å². The molecule has 0 fully saturated rings. The van der Waals surface area contributed by atoms with Crippen LogP contribution in [0.1, 0.15) is 5.76 Å². The highest BCUT2D eigenvalue weighted by molar-refractivity contribution is 7.80. The monoisotopic (exact) mass is 442 g/mol. The van der Waals surface area contributed by atoms with E-state index in [1.165, 1.54) is 36.4 Å². The molecule has 1 heterocycles. The lowest BCUT2D eigenvalue weighted by Gasteiger charge is -2.10. The van der Waals surface area contributed by atoms with Crippen molar-refractivity contribution in [1.29, 1.82) is 0 Å². The minimum atomic E-state index is -0.494. The first-order chi connectivity index (χ1) is 14.4. The Morgan fingerprint density at radius 2 is 1.77 bits per heavy atom. The van der Waals surface area contributed by atoms with Gasteiger partial charge in [-0.1, -0.05) is 11.6 Å². The summed E-state index contributed by atoms with van der Waals surface area (Å²) in [6.07, 6.45) is 2.80. The number of carbonyl (C=O) groups is 1. The lowest BCUT2D eigenvalue weighted by atomic mass is 10.2. The molecule has 0 bridgehead atoms. The number of rotatable bonds is 6. The maximum atomic E-state index is 12.0. The van der Waals surface area contributed by atoms with Crippen LogP contribution in [0.2, 0.25) is 5.02 Å². The predicted octanol–water partition coefficient (Wildman–Crippen LogP) is 4.54. The normalized spacial score (nSPS) is 10.6. The Labute approximate surface area is 181 Å². The molecule has 8 nitrogen and oxygen atoms in total. The van der Waals surface area contributed by atoms with E-state index in [4.69, 9.17) is 28.2 Å². The van der Waals surface area contributed by atoms with E-state index in [-0.39, 0.29) is 10.8 Å². The molecular weight excluding hydrogens is 428 g/mol. The van der Waals surface area contributed by atoms with Gasteiger partial charge in [0.1, 0.15) is 11.5 Å². The van der Waals surface area contributed by atoms with E-state index in [1.807, 2.05) is 12.1 Å². The van der Waals surface area contributed by atoms with Crippen LogP contribution < -0.4 is 16.2 Å². The Morgan fingerprint density at radius 3 is 2.43 bits per heavy atom. The van der Waals surface area contributed by atoms with Crippen LogP contribution in [0.5, 0.6) is 0 Å². The molecule has 3 rings (SSSR count). The first kappa shape index (κ1) is 21.0. The average Bonchev–Trinajstić information content (AvgIpc) is 3.20. The zero-order valence-electron chi connectivity index (χ0n) is 15.3. The molecule has 0 unspecified atom stereocenters. The molecule has 1 aromatic heterocycles. The fraction of sp³-hybridized carbons (Fsp3) is 0.